The van der Waals surface area contributed by atoms with Gasteiger partial charge in [-0.15, -0.1) is 0 Å². The first-order chi connectivity index (χ1) is 19.8. The molecule has 41 heavy (non-hydrogen) atoms. The standard InChI is InChI=1S/C33H36N4O4/c1-5-36-28-21-37(27(31(38)35(4)22(2)3)19-23-13-8-6-9-14-23)32(39)29(28)30(34-33(36)40)24-15-12-18-26(20-24)41-25-16-10-7-11-17-25/h6-18,20,22,27,30H,5,19,21H2,1-4H3,(H,34,40)/t27-,30-/m1/s1. The molecule has 8 nitrogen and oxygen atoms in total. The van der Waals surface area contributed by atoms with Crippen LogP contribution in [0.25, 0.3) is 0 Å². The lowest BCUT2D eigenvalue weighted by atomic mass is 9.95. The van der Waals surface area contributed by atoms with Crippen molar-refractivity contribution in [1.29, 1.82) is 0 Å². The third-order valence-corrected chi connectivity index (χ3v) is 7.79. The van der Waals surface area contributed by atoms with Crippen LogP contribution in [-0.4, -0.2) is 64.8 Å². The molecule has 3 aromatic carbocycles. The second-order valence-electron chi connectivity index (χ2n) is 10.7. The topological polar surface area (TPSA) is 82.2 Å². The normalized spacial score (nSPS) is 17.4. The molecule has 0 saturated carbocycles. The van der Waals surface area contributed by atoms with Gasteiger partial charge in [0.1, 0.15) is 17.5 Å². The van der Waals surface area contributed by atoms with Crippen LogP contribution in [0.4, 0.5) is 4.79 Å². The summed E-state index contributed by atoms with van der Waals surface area (Å²) in [5.41, 5.74) is 2.82. The molecule has 3 aromatic rings. The lowest BCUT2D eigenvalue weighted by Crippen LogP contribution is -2.51. The second-order valence-corrected chi connectivity index (χ2v) is 10.7. The summed E-state index contributed by atoms with van der Waals surface area (Å²) < 4.78 is 6.04. The Morgan fingerprint density at radius 1 is 0.976 bits per heavy atom. The molecule has 2 atom stereocenters. The first-order valence-corrected chi connectivity index (χ1v) is 14.0. The van der Waals surface area contributed by atoms with Gasteiger partial charge in [0.05, 0.1) is 23.9 Å². The molecule has 0 spiro atoms. The van der Waals surface area contributed by atoms with Crippen LogP contribution in [0.1, 0.15) is 37.9 Å². The number of nitrogens with zero attached hydrogens (tertiary/aromatic N) is 3. The molecule has 0 fully saturated rings. The number of nitrogens with one attached hydrogen (secondary N) is 1. The molecule has 2 aliphatic rings. The number of carbonyl (C=O) groups excluding carboxylic acids is 3. The average Bonchev–Trinajstić information content (AvgIpc) is 3.32. The molecule has 0 unspecified atom stereocenters. The number of hydrogen-bond acceptors (Lipinski definition) is 4. The van der Waals surface area contributed by atoms with Gasteiger partial charge in [-0.3, -0.25) is 14.5 Å². The van der Waals surface area contributed by atoms with E-state index >= 15 is 0 Å². The summed E-state index contributed by atoms with van der Waals surface area (Å²) in [7, 11) is 1.77. The summed E-state index contributed by atoms with van der Waals surface area (Å²) in [6.07, 6.45) is 0.377. The van der Waals surface area contributed by atoms with Crippen LogP contribution < -0.4 is 10.1 Å². The summed E-state index contributed by atoms with van der Waals surface area (Å²) in [6, 6.07) is 24.9. The molecule has 0 radical (unpaired) electrons. The van der Waals surface area contributed by atoms with Crippen LogP contribution in [0, 0.1) is 0 Å². The molecule has 2 aliphatic heterocycles. The van der Waals surface area contributed by atoms with Crippen LogP contribution in [0.5, 0.6) is 11.5 Å². The summed E-state index contributed by atoms with van der Waals surface area (Å²) in [6.45, 7) is 6.37. The fourth-order valence-corrected chi connectivity index (χ4v) is 5.39. The number of benzene rings is 3. The van der Waals surface area contributed by atoms with Crippen LogP contribution in [-0.2, 0) is 16.0 Å². The van der Waals surface area contributed by atoms with E-state index in [2.05, 4.69) is 5.32 Å². The van der Waals surface area contributed by atoms with E-state index in [0.717, 1.165) is 11.1 Å². The monoisotopic (exact) mass is 552 g/mol. The molecule has 8 heteroatoms. The molecule has 0 bridgehead atoms. The van der Waals surface area contributed by atoms with Crippen molar-refractivity contribution in [1.82, 2.24) is 20.0 Å². The number of rotatable bonds is 9. The molecule has 212 valence electrons. The van der Waals surface area contributed by atoms with Crippen molar-refractivity contribution < 1.29 is 19.1 Å². The second kappa shape index (κ2) is 11.9. The van der Waals surface area contributed by atoms with Crippen molar-refractivity contribution >= 4 is 17.8 Å². The minimum absolute atomic E-state index is 0.0310. The van der Waals surface area contributed by atoms with E-state index in [1.165, 1.54) is 0 Å². The van der Waals surface area contributed by atoms with E-state index in [4.69, 9.17) is 4.74 Å². The zero-order chi connectivity index (χ0) is 29.1. The van der Waals surface area contributed by atoms with Gasteiger partial charge in [0, 0.05) is 26.1 Å². The predicted octanol–water partition coefficient (Wildman–Crippen LogP) is 5.14. The molecule has 0 saturated heterocycles. The van der Waals surface area contributed by atoms with E-state index in [0.29, 0.717) is 35.7 Å². The van der Waals surface area contributed by atoms with Crippen LogP contribution in [0.15, 0.2) is 96.2 Å². The van der Waals surface area contributed by atoms with Crippen molar-refractivity contribution in [3.05, 3.63) is 107 Å². The summed E-state index contributed by atoms with van der Waals surface area (Å²) in [5, 5.41) is 3.04. The number of para-hydroxylation sites is 1. The van der Waals surface area contributed by atoms with Gasteiger partial charge in [0.25, 0.3) is 5.91 Å². The SMILES string of the molecule is CCN1C(=O)N[C@H](c2cccc(Oc3ccccc3)c2)C2=C1CN([C@H](Cc1ccccc1)C(=O)N(C)C(C)C)C2=O. The van der Waals surface area contributed by atoms with E-state index in [1.807, 2.05) is 106 Å². The van der Waals surface area contributed by atoms with Gasteiger partial charge >= 0.3 is 6.03 Å². The van der Waals surface area contributed by atoms with Crippen molar-refractivity contribution in [3.8, 4) is 11.5 Å². The molecule has 0 aromatic heterocycles. The summed E-state index contributed by atoms with van der Waals surface area (Å²) in [4.78, 5) is 46.3. The van der Waals surface area contributed by atoms with Crippen LogP contribution in [0.3, 0.4) is 0 Å². The van der Waals surface area contributed by atoms with Gasteiger partial charge in [0.15, 0.2) is 0 Å². The highest BCUT2D eigenvalue weighted by molar-refractivity contribution is 6.03. The zero-order valence-electron chi connectivity index (χ0n) is 23.9. The van der Waals surface area contributed by atoms with Crippen LogP contribution >= 0.6 is 0 Å². The lowest BCUT2D eigenvalue weighted by Gasteiger charge is -2.33. The smallest absolute Gasteiger partial charge is 0.322 e. The third kappa shape index (κ3) is 5.68. The Bertz CT molecular complexity index is 1450. The Hall–Kier alpha value is -4.59. The number of amides is 4. The van der Waals surface area contributed by atoms with Crippen molar-refractivity contribution in [2.45, 2.75) is 45.3 Å². The van der Waals surface area contributed by atoms with Crippen molar-refractivity contribution in [3.63, 3.8) is 0 Å². The number of carbonyl (C=O) groups is 3. The maximum atomic E-state index is 14.3. The predicted molar refractivity (Wildman–Crippen MR) is 157 cm³/mol. The maximum Gasteiger partial charge on any atom is 0.322 e. The van der Waals surface area contributed by atoms with E-state index in [1.54, 1.807) is 21.7 Å². The van der Waals surface area contributed by atoms with Crippen molar-refractivity contribution in [2.24, 2.45) is 0 Å². The fraction of sp³-hybridized carbons (Fsp3) is 0.303. The van der Waals surface area contributed by atoms with Gasteiger partial charge in [-0.05, 0) is 56.2 Å². The Morgan fingerprint density at radius 3 is 2.29 bits per heavy atom. The van der Waals surface area contributed by atoms with Crippen LogP contribution in [0.2, 0.25) is 0 Å². The van der Waals surface area contributed by atoms with Gasteiger partial charge in [-0.1, -0.05) is 60.7 Å². The largest absolute Gasteiger partial charge is 0.457 e. The number of likely N-dealkylation sites (N-methyl/N-ethyl adjacent to an activating group) is 2. The summed E-state index contributed by atoms with van der Waals surface area (Å²) in [5.74, 6) is 0.911. The van der Waals surface area contributed by atoms with Crippen molar-refractivity contribution in [2.75, 3.05) is 20.1 Å². The zero-order valence-corrected chi connectivity index (χ0v) is 23.9. The summed E-state index contributed by atoms with van der Waals surface area (Å²) >= 11 is 0. The molecule has 1 N–H and O–H groups in total. The first-order valence-electron chi connectivity index (χ1n) is 14.0. The highest BCUT2D eigenvalue weighted by Crippen LogP contribution is 2.38. The Balaban J connectivity index is 1.51. The maximum absolute atomic E-state index is 14.3. The van der Waals surface area contributed by atoms with Gasteiger partial charge in [0.2, 0.25) is 5.91 Å². The lowest BCUT2D eigenvalue weighted by molar-refractivity contribution is -0.143. The average molecular weight is 553 g/mol. The first kappa shape index (κ1) is 28.0. The highest BCUT2D eigenvalue weighted by Gasteiger charge is 2.47. The fourth-order valence-electron chi connectivity index (χ4n) is 5.39. The minimum atomic E-state index is -0.717. The highest BCUT2D eigenvalue weighted by atomic mass is 16.5. The molecule has 5 rings (SSSR count). The molecular formula is C33H36N4O4. The molecule has 0 aliphatic carbocycles. The van der Waals surface area contributed by atoms with E-state index in [-0.39, 0.29) is 30.4 Å². The molecule has 4 amide bonds. The Labute approximate surface area is 241 Å². The molecule has 2 heterocycles. The Kier molecular flexibility index (Phi) is 8.10. The van der Waals surface area contributed by atoms with Gasteiger partial charge < -0.3 is 19.9 Å². The minimum Gasteiger partial charge on any atom is -0.457 e. The number of urea groups is 1. The number of ether oxygens (including phenoxy) is 1. The molecular weight excluding hydrogens is 516 g/mol. The number of hydrogen-bond donors (Lipinski definition) is 1. The van der Waals surface area contributed by atoms with Gasteiger partial charge in [-0.25, -0.2) is 4.79 Å². The third-order valence-electron chi connectivity index (χ3n) is 7.79. The van der Waals surface area contributed by atoms with Gasteiger partial charge in [-0.2, -0.15) is 0 Å². The van der Waals surface area contributed by atoms with E-state index in [9.17, 15) is 14.4 Å². The quantitative estimate of drug-likeness (QED) is 0.399. The van der Waals surface area contributed by atoms with E-state index < -0.39 is 12.1 Å². The Morgan fingerprint density at radius 2 is 1.63 bits per heavy atom.